The molecule has 10 heteroatoms. The number of carbonyl (C=O) groups excluding carboxylic acids is 2. The molecule has 1 atom stereocenters. The van der Waals surface area contributed by atoms with Crippen LogP contribution in [-0.4, -0.2) is 31.8 Å². The quantitative estimate of drug-likeness (QED) is 0.505. The highest BCUT2D eigenvalue weighted by molar-refractivity contribution is 7.92. The zero-order valence-electron chi connectivity index (χ0n) is 19.3. The third kappa shape index (κ3) is 4.83. The van der Waals surface area contributed by atoms with Crippen molar-refractivity contribution in [2.45, 2.75) is 45.1 Å². The lowest BCUT2D eigenvalue weighted by molar-refractivity contribution is -0.145. The molecule has 1 aliphatic rings. The Morgan fingerprint density at radius 1 is 1.15 bits per heavy atom. The number of hydrogen-bond acceptors (Lipinski definition) is 7. The minimum absolute atomic E-state index is 0.241. The summed E-state index contributed by atoms with van der Waals surface area (Å²) >= 11 is 1.22. The van der Waals surface area contributed by atoms with Gasteiger partial charge in [0.15, 0.2) is 5.13 Å². The van der Waals surface area contributed by atoms with E-state index in [4.69, 9.17) is 4.74 Å². The second-order valence-electron chi connectivity index (χ2n) is 8.28. The number of carbonyl (C=O) groups is 2. The van der Waals surface area contributed by atoms with Gasteiger partial charge in [-0.15, -0.1) is 11.3 Å². The van der Waals surface area contributed by atoms with Crippen LogP contribution in [0.2, 0.25) is 0 Å². The molecule has 34 heavy (non-hydrogen) atoms. The molecule has 1 aromatic heterocycles. The molecular formula is C24H25N3O5S2. The summed E-state index contributed by atoms with van der Waals surface area (Å²) in [5, 5.41) is 4.81. The van der Waals surface area contributed by atoms with Crippen molar-refractivity contribution in [2.24, 2.45) is 0 Å². The van der Waals surface area contributed by atoms with E-state index in [9.17, 15) is 18.0 Å². The SMILES string of the molecule is CC(=O)OC(C)c1csc(NC(=O)c2ccc3c(c2)N(S(=O)(=O)c2cc(C)cc(C)c2)CC3)n1. The van der Waals surface area contributed by atoms with Crippen molar-refractivity contribution < 1.29 is 22.7 Å². The molecule has 178 valence electrons. The van der Waals surface area contributed by atoms with E-state index < -0.39 is 28.0 Å². The van der Waals surface area contributed by atoms with Gasteiger partial charge in [-0.2, -0.15) is 0 Å². The summed E-state index contributed by atoms with van der Waals surface area (Å²) in [6.45, 7) is 7.07. The Bertz CT molecular complexity index is 1360. The van der Waals surface area contributed by atoms with Crippen LogP contribution >= 0.6 is 11.3 Å². The van der Waals surface area contributed by atoms with E-state index in [1.165, 1.54) is 22.6 Å². The molecule has 0 bridgehead atoms. The van der Waals surface area contributed by atoms with Gasteiger partial charge in [-0.1, -0.05) is 12.1 Å². The molecule has 0 saturated heterocycles. The lowest BCUT2D eigenvalue weighted by atomic mass is 10.1. The summed E-state index contributed by atoms with van der Waals surface area (Å²) in [5.74, 6) is -0.816. The van der Waals surface area contributed by atoms with E-state index >= 15 is 0 Å². The molecule has 0 saturated carbocycles. The minimum atomic E-state index is -3.76. The summed E-state index contributed by atoms with van der Waals surface area (Å²) in [6.07, 6.45) is 0.0499. The Hall–Kier alpha value is -3.24. The Kier molecular flexibility index (Phi) is 6.46. The number of rotatable bonds is 6. The number of aryl methyl sites for hydroxylation is 2. The Morgan fingerprint density at radius 2 is 1.85 bits per heavy atom. The van der Waals surface area contributed by atoms with Crippen LogP contribution in [0.4, 0.5) is 10.8 Å². The number of nitrogens with one attached hydrogen (secondary N) is 1. The maximum atomic E-state index is 13.4. The molecule has 8 nitrogen and oxygen atoms in total. The largest absolute Gasteiger partial charge is 0.456 e. The monoisotopic (exact) mass is 499 g/mol. The van der Waals surface area contributed by atoms with Gasteiger partial charge in [0.1, 0.15) is 6.10 Å². The fourth-order valence-electron chi connectivity index (χ4n) is 3.96. The number of aromatic nitrogens is 1. The van der Waals surface area contributed by atoms with Crippen molar-refractivity contribution in [1.82, 2.24) is 4.98 Å². The van der Waals surface area contributed by atoms with E-state index in [1.807, 2.05) is 19.9 Å². The Morgan fingerprint density at radius 3 is 2.53 bits per heavy atom. The molecule has 2 heterocycles. The van der Waals surface area contributed by atoms with Gasteiger partial charge in [0.2, 0.25) is 0 Å². The minimum Gasteiger partial charge on any atom is -0.456 e. The molecule has 2 aromatic carbocycles. The van der Waals surface area contributed by atoms with Crippen molar-refractivity contribution in [3.63, 3.8) is 0 Å². The van der Waals surface area contributed by atoms with Crippen molar-refractivity contribution in [1.29, 1.82) is 0 Å². The van der Waals surface area contributed by atoms with Crippen LogP contribution in [0.15, 0.2) is 46.7 Å². The smallest absolute Gasteiger partial charge is 0.303 e. The summed E-state index contributed by atoms with van der Waals surface area (Å²) in [5.41, 5.74) is 3.99. The second kappa shape index (κ2) is 9.19. The fraction of sp³-hybridized carbons (Fsp3) is 0.292. The number of nitrogens with zero attached hydrogens (tertiary/aromatic N) is 2. The van der Waals surface area contributed by atoms with Crippen molar-refractivity contribution >= 4 is 44.1 Å². The average molecular weight is 500 g/mol. The summed E-state index contributed by atoms with van der Waals surface area (Å²) in [7, 11) is -3.76. The van der Waals surface area contributed by atoms with E-state index in [1.54, 1.807) is 42.6 Å². The summed E-state index contributed by atoms with van der Waals surface area (Å²) in [4.78, 5) is 28.6. The molecule has 3 aromatic rings. The number of benzene rings is 2. The average Bonchev–Trinajstić information content (AvgIpc) is 3.39. The van der Waals surface area contributed by atoms with Gasteiger partial charge in [0.05, 0.1) is 16.3 Å². The summed E-state index contributed by atoms with van der Waals surface area (Å²) < 4.78 is 33.3. The van der Waals surface area contributed by atoms with Crippen LogP contribution in [0.25, 0.3) is 0 Å². The molecule has 1 N–H and O–H groups in total. The number of ether oxygens (including phenoxy) is 1. The number of sulfonamides is 1. The van der Waals surface area contributed by atoms with E-state index in [-0.39, 0.29) is 4.90 Å². The van der Waals surface area contributed by atoms with Gasteiger partial charge >= 0.3 is 5.97 Å². The van der Waals surface area contributed by atoms with Gasteiger partial charge in [-0.3, -0.25) is 19.2 Å². The van der Waals surface area contributed by atoms with Crippen LogP contribution in [0, 0.1) is 13.8 Å². The molecule has 0 aliphatic carbocycles. The van der Waals surface area contributed by atoms with Gasteiger partial charge in [0, 0.05) is 24.4 Å². The van der Waals surface area contributed by atoms with Crippen molar-refractivity contribution in [3.8, 4) is 0 Å². The van der Waals surface area contributed by atoms with Crippen molar-refractivity contribution in [3.05, 3.63) is 69.7 Å². The van der Waals surface area contributed by atoms with Gasteiger partial charge in [0.25, 0.3) is 15.9 Å². The maximum Gasteiger partial charge on any atom is 0.303 e. The molecule has 0 spiro atoms. The van der Waals surface area contributed by atoms with Crippen molar-refractivity contribution in [2.75, 3.05) is 16.2 Å². The number of fused-ring (bicyclic) bond motifs is 1. The highest BCUT2D eigenvalue weighted by Crippen LogP contribution is 2.34. The highest BCUT2D eigenvalue weighted by atomic mass is 32.2. The van der Waals surface area contributed by atoms with Crippen LogP contribution < -0.4 is 9.62 Å². The maximum absolute atomic E-state index is 13.4. The Labute approximate surface area is 202 Å². The standard InChI is InChI=1S/C24H25N3O5S2/c1-14-9-15(2)11-20(10-14)34(30,31)27-8-7-18-5-6-19(12-22(18)27)23(29)26-24-25-21(13-33-24)16(3)32-17(4)28/h5-6,9-13,16H,7-8H2,1-4H3,(H,25,26,29). The zero-order chi connectivity index (χ0) is 24.6. The van der Waals surface area contributed by atoms with E-state index in [2.05, 4.69) is 10.3 Å². The third-order valence-corrected chi connectivity index (χ3v) is 8.05. The van der Waals surface area contributed by atoms with Crippen LogP contribution in [-0.2, 0) is 26.0 Å². The van der Waals surface area contributed by atoms with Gasteiger partial charge < -0.3 is 4.74 Å². The summed E-state index contributed by atoms with van der Waals surface area (Å²) in [6, 6.07) is 10.3. The lowest BCUT2D eigenvalue weighted by Crippen LogP contribution is -2.29. The van der Waals surface area contributed by atoms with Gasteiger partial charge in [-0.05, 0) is 68.1 Å². The molecule has 0 fully saturated rings. The number of esters is 1. The molecule has 1 aliphatic heterocycles. The predicted octanol–water partition coefficient (Wildman–Crippen LogP) is 4.39. The van der Waals surface area contributed by atoms with Crippen LogP contribution in [0.5, 0.6) is 0 Å². The van der Waals surface area contributed by atoms with Gasteiger partial charge in [-0.25, -0.2) is 13.4 Å². The first-order chi connectivity index (χ1) is 16.0. The number of anilines is 2. The fourth-order valence-corrected chi connectivity index (χ4v) is 6.43. The molecule has 1 unspecified atom stereocenters. The zero-order valence-corrected chi connectivity index (χ0v) is 20.9. The lowest BCUT2D eigenvalue weighted by Gasteiger charge is -2.20. The third-order valence-electron chi connectivity index (χ3n) is 5.49. The van der Waals surface area contributed by atoms with Crippen LogP contribution in [0.1, 0.15) is 52.7 Å². The molecule has 1 amide bonds. The number of thiazole rings is 1. The molecular weight excluding hydrogens is 474 g/mol. The second-order valence-corrected chi connectivity index (χ2v) is 11.0. The topological polar surface area (TPSA) is 106 Å². The van der Waals surface area contributed by atoms with E-state index in [0.717, 1.165) is 16.7 Å². The first kappa shape index (κ1) is 23.9. The van der Waals surface area contributed by atoms with E-state index in [0.29, 0.717) is 35.0 Å². The van der Waals surface area contributed by atoms with Crippen LogP contribution in [0.3, 0.4) is 0 Å². The highest BCUT2D eigenvalue weighted by Gasteiger charge is 2.32. The molecule has 0 radical (unpaired) electrons. The Balaban J connectivity index is 1.57. The predicted molar refractivity (Wildman–Crippen MR) is 131 cm³/mol. The first-order valence-corrected chi connectivity index (χ1v) is 13.0. The molecule has 4 rings (SSSR count). The number of hydrogen-bond donors (Lipinski definition) is 1. The number of amides is 1. The normalized spacial score (nSPS) is 13.9. The first-order valence-electron chi connectivity index (χ1n) is 10.7.